The maximum absolute atomic E-state index is 11.7. The van der Waals surface area contributed by atoms with Gasteiger partial charge in [-0.3, -0.25) is 4.79 Å². The lowest BCUT2D eigenvalue weighted by molar-refractivity contribution is -0.138. The number of carbonyl (C=O) groups is 1. The lowest BCUT2D eigenvalue weighted by Gasteiger charge is -2.31. The molecule has 88 valence electrons. The van der Waals surface area contributed by atoms with E-state index in [4.69, 9.17) is 9.47 Å². The van der Waals surface area contributed by atoms with Gasteiger partial charge in [0.2, 0.25) is 5.91 Å². The van der Waals surface area contributed by atoms with Crippen molar-refractivity contribution in [1.29, 1.82) is 0 Å². The molecule has 0 N–H and O–H groups in total. The highest BCUT2D eigenvalue weighted by molar-refractivity contribution is 5.77. The van der Waals surface area contributed by atoms with Crippen molar-refractivity contribution < 1.29 is 14.3 Å². The summed E-state index contributed by atoms with van der Waals surface area (Å²) in [6.45, 7) is 4.43. The van der Waals surface area contributed by atoms with Crippen molar-refractivity contribution in [3.63, 3.8) is 0 Å². The summed E-state index contributed by atoms with van der Waals surface area (Å²) in [7, 11) is 1.85. The fourth-order valence-corrected chi connectivity index (χ4v) is 1.68. The third-order valence-corrected chi connectivity index (χ3v) is 2.71. The molecular weight excluding hydrogens is 194 g/mol. The van der Waals surface area contributed by atoms with E-state index in [2.05, 4.69) is 0 Å². The molecule has 1 saturated heterocycles. The Morgan fingerprint density at radius 1 is 1.47 bits per heavy atom. The van der Waals surface area contributed by atoms with Crippen LogP contribution in [0, 0.1) is 0 Å². The van der Waals surface area contributed by atoms with Crippen molar-refractivity contribution >= 4 is 5.91 Å². The molecule has 0 aromatic rings. The zero-order chi connectivity index (χ0) is 11.1. The van der Waals surface area contributed by atoms with E-state index in [0.717, 1.165) is 32.5 Å². The highest BCUT2D eigenvalue weighted by Crippen LogP contribution is 2.12. The number of rotatable bonds is 5. The fourth-order valence-electron chi connectivity index (χ4n) is 1.68. The Hall–Kier alpha value is -0.610. The van der Waals surface area contributed by atoms with Gasteiger partial charge in [0, 0.05) is 32.9 Å². The molecule has 0 atom stereocenters. The van der Waals surface area contributed by atoms with Crippen molar-refractivity contribution in [1.82, 2.24) is 4.90 Å². The third kappa shape index (κ3) is 4.18. The molecular formula is C11H21NO3. The smallest absolute Gasteiger partial charge is 0.248 e. The number of ether oxygens (including phenoxy) is 2. The van der Waals surface area contributed by atoms with Crippen LogP contribution < -0.4 is 0 Å². The molecule has 0 radical (unpaired) electrons. The fraction of sp³-hybridized carbons (Fsp3) is 0.909. The minimum absolute atomic E-state index is 0.0790. The van der Waals surface area contributed by atoms with E-state index in [-0.39, 0.29) is 12.5 Å². The zero-order valence-electron chi connectivity index (χ0n) is 9.70. The summed E-state index contributed by atoms with van der Waals surface area (Å²) < 4.78 is 10.5. The summed E-state index contributed by atoms with van der Waals surface area (Å²) in [5.41, 5.74) is 0. The largest absolute Gasteiger partial charge is 0.381 e. The van der Waals surface area contributed by atoms with Crippen LogP contribution in [0.1, 0.15) is 26.2 Å². The van der Waals surface area contributed by atoms with E-state index >= 15 is 0 Å². The third-order valence-electron chi connectivity index (χ3n) is 2.71. The number of nitrogens with zero attached hydrogens (tertiary/aromatic N) is 1. The van der Waals surface area contributed by atoms with Crippen LogP contribution >= 0.6 is 0 Å². The Bertz CT molecular complexity index is 190. The molecule has 1 aliphatic heterocycles. The molecule has 1 heterocycles. The van der Waals surface area contributed by atoms with Crippen LogP contribution in [-0.2, 0) is 14.3 Å². The van der Waals surface area contributed by atoms with E-state index in [9.17, 15) is 4.79 Å². The van der Waals surface area contributed by atoms with Crippen LogP contribution in [0.2, 0.25) is 0 Å². The van der Waals surface area contributed by atoms with Gasteiger partial charge in [-0.2, -0.15) is 0 Å². The molecule has 0 spiro atoms. The Balaban J connectivity index is 2.24. The highest BCUT2D eigenvalue weighted by atomic mass is 16.5. The van der Waals surface area contributed by atoms with E-state index in [1.54, 1.807) is 4.90 Å². The summed E-state index contributed by atoms with van der Waals surface area (Å²) in [5, 5.41) is 0. The number of amides is 1. The van der Waals surface area contributed by atoms with E-state index in [1.165, 1.54) is 0 Å². The summed E-state index contributed by atoms with van der Waals surface area (Å²) >= 11 is 0. The van der Waals surface area contributed by atoms with Gasteiger partial charge in [0.05, 0.1) is 0 Å². The van der Waals surface area contributed by atoms with Crippen molar-refractivity contribution in [3.05, 3.63) is 0 Å². The molecule has 0 aromatic carbocycles. The van der Waals surface area contributed by atoms with Gasteiger partial charge < -0.3 is 14.4 Å². The maximum atomic E-state index is 11.7. The Labute approximate surface area is 91.5 Å². The molecule has 0 aromatic heterocycles. The minimum atomic E-state index is 0.0790. The lowest BCUT2D eigenvalue weighted by Crippen LogP contribution is -2.42. The molecule has 15 heavy (non-hydrogen) atoms. The maximum Gasteiger partial charge on any atom is 0.248 e. The van der Waals surface area contributed by atoms with E-state index in [1.807, 2.05) is 14.0 Å². The predicted octanol–water partition coefficient (Wildman–Crippen LogP) is 1.05. The molecule has 4 nitrogen and oxygen atoms in total. The first-order valence-electron chi connectivity index (χ1n) is 5.67. The molecule has 1 amide bonds. The highest BCUT2D eigenvalue weighted by Gasteiger charge is 2.21. The summed E-state index contributed by atoms with van der Waals surface area (Å²) in [5.74, 6) is 0.0790. The van der Waals surface area contributed by atoms with E-state index in [0.29, 0.717) is 12.6 Å². The Morgan fingerprint density at radius 3 is 2.73 bits per heavy atom. The molecule has 4 heteroatoms. The quantitative estimate of drug-likeness (QED) is 0.643. The monoisotopic (exact) mass is 215 g/mol. The molecule has 0 unspecified atom stereocenters. The molecule has 0 bridgehead atoms. The van der Waals surface area contributed by atoms with Crippen molar-refractivity contribution in [2.45, 2.75) is 32.2 Å². The second-order valence-corrected chi connectivity index (χ2v) is 3.90. The number of likely N-dealkylation sites (N-methyl/N-ethyl adjacent to an activating group) is 1. The summed E-state index contributed by atoms with van der Waals surface area (Å²) in [6.07, 6.45) is 2.83. The number of hydrogen-bond acceptors (Lipinski definition) is 3. The summed E-state index contributed by atoms with van der Waals surface area (Å²) in [6, 6.07) is 0.330. The van der Waals surface area contributed by atoms with Gasteiger partial charge in [-0.25, -0.2) is 0 Å². The van der Waals surface area contributed by atoms with Crippen LogP contribution in [0.5, 0.6) is 0 Å². The average Bonchev–Trinajstić information content (AvgIpc) is 2.29. The molecule has 1 aliphatic rings. The standard InChI is InChI=1S/C11H21NO3/c1-3-6-15-9-11(13)12(2)10-4-7-14-8-5-10/h10H,3-9H2,1-2H3. The van der Waals surface area contributed by atoms with Gasteiger partial charge in [0.1, 0.15) is 6.61 Å². The molecule has 1 fully saturated rings. The second-order valence-electron chi connectivity index (χ2n) is 3.90. The van der Waals surface area contributed by atoms with Crippen molar-refractivity contribution in [3.8, 4) is 0 Å². The summed E-state index contributed by atoms with van der Waals surface area (Å²) in [4.78, 5) is 13.5. The van der Waals surface area contributed by atoms with Gasteiger partial charge in [0.25, 0.3) is 0 Å². The van der Waals surface area contributed by atoms with Gasteiger partial charge in [-0.05, 0) is 19.3 Å². The topological polar surface area (TPSA) is 38.8 Å². The van der Waals surface area contributed by atoms with Crippen LogP contribution in [0.4, 0.5) is 0 Å². The van der Waals surface area contributed by atoms with Gasteiger partial charge in [-0.1, -0.05) is 6.92 Å². The molecule has 0 saturated carbocycles. The van der Waals surface area contributed by atoms with Crippen molar-refractivity contribution in [2.24, 2.45) is 0 Å². The minimum Gasteiger partial charge on any atom is -0.381 e. The first-order valence-corrected chi connectivity index (χ1v) is 5.67. The first-order chi connectivity index (χ1) is 7.25. The van der Waals surface area contributed by atoms with Crippen LogP contribution in [0.15, 0.2) is 0 Å². The van der Waals surface area contributed by atoms with Crippen LogP contribution in [0.3, 0.4) is 0 Å². The second kappa shape index (κ2) is 6.80. The normalized spacial score (nSPS) is 17.7. The van der Waals surface area contributed by atoms with Crippen LogP contribution in [-0.4, -0.2) is 50.3 Å². The number of carbonyl (C=O) groups excluding carboxylic acids is 1. The number of hydrogen-bond donors (Lipinski definition) is 0. The van der Waals surface area contributed by atoms with Crippen molar-refractivity contribution in [2.75, 3.05) is 33.5 Å². The Kier molecular flexibility index (Phi) is 5.65. The SMILES string of the molecule is CCCOCC(=O)N(C)C1CCOCC1. The van der Waals surface area contributed by atoms with Gasteiger partial charge in [0.15, 0.2) is 0 Å². The average molecular weight is 215 g/mol. The molecule has 0 aliphatic carbocycles. The van der Waals surface area contributed by atoms with Gasteiger partial charge in [-0.15, -0.1) is 0 Å². The predicted molar refractivity (Wildman–Crippen MR) is 57.7 cm³/mol. The van der Waals surface area contributed by atoms with Crippen LogP contribution in [0.25, 0.3) is 0 Å². The molecule has 1 rings (SSSR count). The lowest BCUT2D eigenvalue weighted by atomic mass is 10.1. The zero-order valence-corrected chi connectivity index (χ0v) is 9.70. The van der Waals surface area contributed by atoms with Gasteiger partial charge >= 0.3 is 0 Å². The van der Waals surface area contributed by atoms with E-state index < -0.39 is 0 Å². The first kappa shape index (κ1) is 12.5. The Morgan fingerprint density at radius 2 is 2.13 bits per heavy atom.